The molecule has 6 heterocycles. The van der Waals surface area contributed by atoms with Crippen molar-refractivity contribution in [3.8, 4) is 0 Å². The fourth-order valence-corrected chi connectivity index (χ4v) is 16.9. The zero-order valence-corrected chi connectivity index (χ0v) is 48.0. The van der Waals surface area contributed by atoms with E-state index in [1.807, 2.05) is 6.92 Å². The van der Waals surface area contributed by atoms with Crippen LogP contribution in [0.2, 0.25) is 0 Å². The summed E-state index contributed by atoms with van der Waals surface area (Å²) in [5.74, 6) is -0.0679. The van der Waals surface area contributed by atoms with E-state index in [2.05, 4.69) is 20.8 Å². The molecule has 4 aliphatic carbocycles. The maximum atomic E-state index is 12.3. The van der Waals surface area contributed by atoms with Gasteiger partial charge in [-0.05, 0) is 104 Å². The van der Waals surface area contributed by atoms with Crippen LogP contribution in [-0.4, -0.2) is 292 Å². The monoisotopic (exact) mass is 1210 g/mol. The summed E-state index contributed by atoms with van der Waals surface area (Å²) < 4.78 is 65.8. The second kappa shape index (κ2) is 26.2. The molecule has 0 bridgehead atoms. The van der Waals surface area contributed by atoms with Gasteiger partial charge in [-0.15, -0.1) is 0 Å². The maximum absolute atomic E-state index is 12.3. The topological polar surface area (TPSA) is 445 Å². The van der Waals surface area contributed by atoms with Crippen LogP contribution in [0.15, 0.2) is 0 Å². The largest absolute Gasteiger partial charge is 0.394 e. The van der Waals surface area contributed by atoms with Crippen molar-refractivity contribution in [1.82, 2.24) is 0 Å². The van der Waals surface area contributed by atoms with E-state index >= 15 is 0 Å². The predicted molar refractivity (Wildman–Crippen MR) is 278 cm³/mol. The normalized spacial score (nSPS) is 55.4. The molecule has 486 valence electrons. The van der Waals surface area contributed by atoms with Crippen LogP contribution in [0, 0.1) is 52.3 Å². The molecule has 28 nitrogen and oxygen atoms in total. The molecule has 0 aromatic rings. The second-order valence-electron chi connectivity index (χ2n) is 26.6. The van der Waals surface area contributed by atoms with Gasteiger partial charge >= 0.3 is 0 Å². The van der Waals surface area contributed by atoms with Gasteiger partial charge in [-0.25, -0.2) is 0 Å². The lowest BCUT2D eigenvalue weighted by Crippen LogP contribution is -2.68. The highest BCUT2D eigenvalue weighted by molar-refractivity contribution is 5.15. The quantitative estimate of drug-likeness (QED) is 0.0569. The van der Waals surface area contributed by atoms with Gasteiger partial charge in [0.15, 0.2) is 37.2 Å². The highest BCUT2D eigenvalue weighted by Crippen LogP contribution is 2.71. The summed E-state index contributed by atoms with van der Waals surface area (Å²) in [4.78, 5) is 0. The SMILES string of the molecule is CC(CC[C@@]1(O)OC2CC3C4CCC5C[C@@H](O[C@@H]6O[C@H](CO)[C@@H](O[C@@H]7O[C@H](CO)[C@@H](O[C@@H]8OC[C@@H](O)[C@H](O)[C@H]8O)[C@H](O)[C@H]7O)[C@H](O[C@@H]7O[C@H](CO)[C@@H](O)[C@H](O)[C@H]7O)[C@H]6O)CC[C@]5(C)C4CC[C@]3(C)C2[C@@H]1C)CO[C@@H]1O[C@H](CO)[C@@H](O)[C@H](O)[C@H]1O. The van der Waals surface area contributed by atoms with E-state index in [9.17, 15) is 86.8 Å². The van der Waals surface area contributed by atoms with E-state index in [-0.39, 0.29) is 47.2 Å². The minimum Gasteiger partial charge on any atom is -0.394 e. The Morgan fingerprint density at radius 3 is 1.69 bits per heavy atom. The van der Waals surface area contributed by atoms with Crippen molar-refractivity contribution in [1.29, 1.82) is 0 Å². The molecule has 4 saturated carbocycles. The number of aliphatic hydroxyl groups is 17. The van der Waals surface area contributed by atoms with E-state index in [0.717, 1.165) is 38.5 Å². The van der Waals surface area contributed by atoms with Gasteiger partial charge in [0, 0.05) is 12.3 Å². The van der Waals surface area contributed by atoms with Crippen molar-refractivity contribution in [2.24, 2.45) is 52.3 Å². The summed E-state index contributed by atoms with van der Waals surface area (Å²) in [7, 11) is 0. The third kappa shape index (κ3) is 12.1. The first-order chi connectivity index (χ1) is 39.8. The van der Waals surface area contributed by atoms with Gasteiger partial charge in [0.25, 0.3) is 0 Å². The first-order valence-electron chi connectivity index (χ1n) is 30.3. The van der Waals surface area contributed by atoms with Gasteiger partial charge in [0.1, 0.15) is 116 Å². The molecule has 0 radical (unpaired) electrons. The third-order valence-electron chi connectivity index (χ3n) is 21.8. The predicted octanol–water partition coefficient (Wildman–Crippen LogP) is -5.49. The lowest BCUT2D eigenvalue weighted by molar-refractivity contribution is -0.396. The van der Waals surface area contributed by atoms with Gasteiger partial charge in [-0.3, -0.25) is 0 Å². The molecular formula is C56H94O28. The van der Waals surface area contributed by atoms with Crippen molar-refractivity contribution in [3.05, 3.63) is 0 Å². The van der Waals surface area contributed by atoms with Crippen LogP contribution < -0.4 is 0 Å². The molecule has 6 saturated heterocycles. The summed E-state index contributed by atoms with van der Waals surface area (Å²) in [5.41, 5.74) is -0.139. The molecule has 10 fully saturated rings. The first kappa shape index (κ1) is 65.8. The van der Waals surface area contributed by atoms with Gasteiger partial charge in [-0.2, -0.15) is 0 Å². The molecule has 0 amide bonds. The summed E-state index contributed by atoms with van der Waals surface area (Å²) >= 11 is 0. The summed E-state index contributed by atoms with van der Waals surface area (Å²) in [5, 5.41) is 182. The molecule has 10 rings (SSSR count). The molecule has 7 unspecified atom stereocenters. The average molecular weight is 1220 g/mol. The Labute approximate surface area is 487 Å². The standard InChI is InChI=1S/C56H94O28/c1-21(19-74-49-42(69)38(65)36(63)30(15-57)77-49)7-12-56(73)22(2)34-29(84-56)14-27-25-6-5-23-13-24(8-10-54(23,3)26(25)9-11-55(27,34)4)76-53-45(72)48(83-51-43(70)39(66)37(64)31(16-58)78-51)47(33(18-60)80-53)82-52-44(71)40(67)46(32(17-59)79-52)81-50-41(68)35(62)28(61)20-75-50/h21-53,57-73H,5-20H2,1-4H3/t21?,22-,23?,24-,25?,26?,27?,28+,29?,30+,31+,32+,33+,34?,35-,36+,37+,38-,39-,40+,41+,42+,43+,44+,45+,46+,47+,48+,49+,50-,51-,52-,53+,54-,55-,56+/m0/s1. The zero-order valence-electron chi connectivity index (χ0n) is 48.0. The van der Waals surface area contributed by atoms with E-state index < -0.39 is 192 Å². The highest BCUT2D eigenvalue weighted by atomic mass is 16.8. The first-order valence-corrected chi connectivity index (χ1v) is 30.3. The fourth-order valence-electron chi connectivity index (χ4n) is 16.9. The van der Waals surface area contributed by atoms with E-state index in [4.69, 9.17) is 52.1 Å². The molecule has 0 spiro atoms. The molecule has 36 atom stereocenters. The smallest absolute Gasteiger partial charge is 0.187 e. The van der Waals surface area contributed by atoms with Crippen LogP contribution in [0.3, 0.4) is 0 Å². The number of fused-ring (bicyclic) bond motifs is 7. The number of ether oxygens (including phenoxy) is 11. The number of aliphatic hydroxyl groups excluding tert-OH is 16. The van der Waals surface area contributed by atoms with Gasteiger partial charge in [-0.1, -0.05) is 27.7 Å². The summed E-state index contributed by atoms with van der Waals surface area (Å²) in [6.45, 7) is 5.39. The van der Waals surface area contributed by atoms with Crippen molar-refractivity contribution in [3.63, 3.8) is 0 Å². The molecule has 6 aliphatic heterocycles. The van der Waals surface area contributed by atoms with E-state index in [1.54, 1.807) is 0 Å². The Kier molecular flexibility index (Phi) is 20.6. The highest BCUT2D eigenvalue weighted by Gasteiger charge is 2.69. The molecule has 84 heavy (non-hydrogen) atoms. The van der Waals surface area contributed by atoms with Crippen molar-refractivity contribution in [2.45, 2.75) is 257 Å². The number of rotatable bonds is 18. The molecule has 0 aromatic heterocycles. The lowest BCUT2D eigenvalue weighted by Gasteiger charge is -2.61. The van der Waals surface area contributed by atoms with Crippen LogP contribution in [-0.2, 0) is 52.1 Å². The Balaban J connectivity index is 0.778. The van der Waals surface area contributed by atoms with Gasteiger partial charge in [0.2, 0.25) is 0 Å². The number of hydrogen-bond acceptors (Lipinski definition) is 28. The van der Waals surface area contributed by atoms with Crippen LogP contribution in [0.4, 0.5) is 0 Å². The van der Waals surface area contributed by atoms with Crippen LogP contribution in [0.25, 0.3) is 0 Å². The molecule has 0 aromatic carbocycles. The Morgan fingerprint density at radius 2 is 1.05 bits per heavy atom. The molecular weight excluding hydrogens is 1120 g/mol. The van der Waals surface area contributed by atoms with Crippen LogP contribution in [0.5, 0.6) is 0 Å². The van der Waals surface area contributed by atoms with Gasteiger partial charge < -0.3 is 139 Å². The lowest BCUT2D eigenvalue weighted by atomic mass is 9.44. The van der Waals surface area contributed by atoms with E-state index in [0.29, 0.717) is 43.4 Å². The Hall–Kier alpha value is -1.12. The van der Waals surface area contributed by atoms with Crippen LogP contribution >= 0.6 is 0 Å². The molecule has 10 aliphatic rings. The average Bonchev–Trinajstić information content (AvgIpc) is 1.64. The zero-order chi connectivity index (χ0) is 60.6. The number of hydrogen-bond donors (Lipinski definition) is 17. The minimum absolute atomic E-state index is 0.0644. The summed E-state index contributed by atoms with van der Waals surface area (Å²) in [6.07, 6.45) is -32.7. The van der Waals surface area contributed by atoms with Crippen molar-refractivity contribution < 1.29 is 139 Å². The van der Waals surface area contributed by atoms with Crippen LogP contribution in [0.1, 0.15) is 91.9 Å². The van der Waals surface area contributed by atoms with Crippen molar-refractivity contribution in [2.75, 3.05) is 39.6 Å². The minimum atomic E-state index is -2.03. The summed E-state index contributed by atoms with van der Waals surface area (Å²) in [6, 6.07) is 0. The van der Waals surface area contributed by atoms with E-state index in [1.165, 1.54) is 0 Å². The Morgan fingerprint density at radius 1 is 0.512 bits per heavy atom. The fraction of sp³-hybridized carbons (Fsp3) is 1.00. The maximum Gasteiger partial charge on any atom is 0.187 e. The second-order valence-corrected chi connectivity index (χ2v) is 26.6. The molecule has 17 N–H and O–H groups in total. The van der Waals surface area contributed by atoms with Crippen molar-refractivity contribution >= 4 is 0 Å². The molecule has 28 heteroatoms. The Bertz CT molecular complexity index is 2140. The third-order valence-corrected chi connectivity index (χ3v) is 21.8. The van der Waals surface area contributed by atoms with Gasteiger partial charge in [0.05, 0.1) is 51.8 Å².